The van der Waals surface area contributed by atoms with Crippen molar-refractivity contribution in [2.45, 2.75) is 13.1 Å². The van der Waals surface area contributed by atoms with Gasteiger partial charge in [-0.3, -0.25) is 19.3 Å². The van der Waals surface area contributed by atoms with Gasteiger partial charge in [0.05, 0.1) is 12.1 Å². The van der Waals surface area contributed by atoms with E-state index in [2.05, 4.69) is 4.90 Å². The third-order valence-corrected chi connectivity index (χ3v) is 6.20. The lowest BCUT2D eigenvalue weighted by Gasteiger charge is -2.34. The summed E-state index contributed by atoms with van der Waals surface area (Å²) in [5.74, 6) is -0.528. The van der Waals surface area contributed by atoms with Crippen LogP contribution in [-0.4, -0.2) is 52.4 Å². The number of rotatable bonds is 6. The third-order valence-electron chi connectivity index (χ3n) is 5.83. The van der Waals surface area contributed by atoms with Crippen LogP contribution in [0.4, 0.5) is 0 Å². The zero-order chi connectivity index (χ0) is 23.4. The Morgan fingerprint density at radius 2 is 1.52 bits per heavy atom. The molecule has 0 aliphatic carbocycles. The molecule has 8 heteroatoms. The number of primary amides is 1. The molecule has 1 fully saturated rings. The van der Waals surface area contributed by atoms with Crippen molar-refractivity contribution in [2.75, 3.05) is 26.2 Å². The van der Waals surface area contributed by atoms with Crippen molar-refractivity contribution < 1.29 is 9.59 Å². The first-order valence-corrected chi connectivity index (χ1v) is 11.1. The number of benzene rings is 2. The minimum Gasteiger partial charge on any atom is -0.366 e. The van der Waals surface area contributed by atoms with Crippen LogP contribution in [0.3, 0.4) is 0 Å². The lowest BCUT2D eigenvalue weighted by Crippen LogP contribution is -2.48. The maximum Gasteiger partial charge on any atom is 0.255 e. The molecular formula is C25H25ClN4O3. The second-order valence-corrected chi connectivity index (χ2v) is 8.51. The summed E-state index contributed by atoms with van der Waals surface area (Å²) in [6.07, 6.45) is 1.61. The number of pyridine rings is 1. The van der Waals surface area contributed by atoms with Gasteiger partial charge in [0, 0.05) is 55.6 Å². The summed E-state index contributed by atoms with van der Waals surface area (Å²) in [5, 5.41) is 0.585. The van der Waals surface area contributed by atoms with Crippen LogP contribution in [0, 0.1) is 0 Å². The van der Waals surface area contributed by atoms with Crippen LogP contribution >= 0.6 is 11.6 Å². The van der Waals surface area contributed by atoms with Crippen molar-refractivity contribution in [2.24, 2.45) is 5.73 Å². The Morgan fingerprint density at radius 1 is 0.848 bits per heavy atom. The second kappa shape index (κ2) is 10.0. The Balaban J connectivity index is 1.38. The number of piperazine rings is 1. The van der Waals surface area contributed by atoms with Gasteiger partial charge in [-0.1, -0.05) is 41.9 Å². The van der Waals surface area contributed by atoms with E-state index in [-0.39, 0.29) is 11.5 Å². The molecule has 0 atom stereocenters. The molecule has 2 aromatic carbocycles. The van der Waals surface area contributed by atoms with Gasteiger partial charge in [0.1, 0.15) is 0 Å². The highest BCUT2D eigenvalue weighted by atomic mass is 35.5. The Bertz CT molecular complexity index is 1210. The average Bonchev–Trinajstić information content (AvgIpc) is 2.82. The molecule has 1 aromatic heterocycles. The predicted octanol–water partition coefficient (Wildman–Crippen LogP) is 2.61. The first kappa shape index (κ1) is 22.8. The number of nitrogens with two attached hydrogens (primary N) is 1. The number of carbonyl (C=O) groups is 2. The van der Waals surface area contributed by atoms with E-state index in [0.717, 1.165) is 30.8 Å². The maximum atomic E-state index is 13.1. The summed E-state index contributed by atoms with van der Waals surface area (Å²) in [6.45, 7) is 3.72. The van der Waals surface area contributed by atoms with Gasteiger partial charge in [-0.05, 0) is 35.4 Å². The van der Waals surface area contributed by atoms with E-state index in [0.29, 0.717) is 35.8 Å². The average molecular weight is 465 g/mol. The van der Waals surface area contributed by atoms with E-state index in [4.69, 9.17) is 17.3 Å². The molecule has 3 aromatic rings. The first-order valence-electron chi connectivity index (χ1n) is 10.7. The molecule has 0 spiro atoms. The van der Waals surface area contributed by atoms with Gasteiger partial charge < -0.3 is 15.2 Å². The minimum atomic E-state index is -0.438. The summed E-state index contributed by atoms with van der Waals surface area (Å²) in [7, 11) is 0. The van der Waals surface area contributed by atoms with Crippen molar-refractivity contribution in [3.63, 3.8) is 0 Å². The summed E-state index contributed by atoms with van der Waals surface area (Å²) in [5.41, 5.74) is 8.00. The molecular weight excluding hydrogens is 440 g/mol. The lowest BCUT2D eigenvalue weighted by molar-refractivity contribution is 0.0627. The number of amides is 2. The van der Waals surface area contributed by atoms with Gasteiger partial charge in [-0.25, -0.2) is 0 Å². The molecule has 170 valence electrons. The molecule has 2 heterocycles. The number of halogens is 1. The number of hydrogen-bond acceptors (Lipinski definition) is 4. The largest absolute Gasteiger partial charge is 0.366 e. The van der Waals surface area contributed by atoms with Crippen molar-refractivity contribution in [1.29, 1.82) is 0 Å². The fraction of sp³-hybridized carbons (Fsp3) is 0.240. The van der Waals surface area contributed by atoms with Crippen molar-refractivity contribution in [1.82, 2.24) is 14.4 Å². The van der Waals surface area contributed by atoms with Crippen LogP contribution in [-0.2, 0) is 13.1 Å². The molecule has 4 rings (SSSR count). The Labute approximate surface area is 197 Å². The highest BCUT2D eigenvalue weighted by molar-refractivity contribution is 6.31. The number of aromatic nitrogens is 1. The fourth-order valence-corrected chi connectivity index (χ4v) is 4.11. The Hall–Kier alpha value is -3.42. The quantitative estimate of drug-likeness (QED) is 0.607. The van der Waals surface area contributed by atoms with Gasteiger partial charge in [0.15, 0.2) is 0 Å². The molecule has 0 bridgehead atoms. The fourth-order valence-electron chi connectivity index (χ4n) is 3.92. The normalized spacial score (nSPS) is 14.3. The summed E-state index contributed by atoms with van der Waals surface area (Å²) in [6, 6.07) is 17.6. The van der Waals surface area contributed by atoms with Gasteiger partial charge in [-0.2, -0.15) is 0 Å². The Morgan fingerprint density at radius 3 is 2.18 bits per heavy atom. The molecule has 0 unspecified atom stereocenters. The van der Waals surface area contributed by atoms with Crippen molar-refractivity contribution in [3.8, 4) is 0 Å². The topological polar surface area (TPSA) is 88.6 Å². The maximum absolute atomic E-state index is 13.1. The van der Waals surface area contributed by atoms with Crippen LogP contribution in [0.15, 0.2) is 71.7 Å². The molecule has 1 aliphatic heterocycles. The van der Waals surface area contributed by atoms with E-state index in [1.807, 2.05) is 35.2 Å². The van der Waals surface area contributed by atoms with Crippen molar-refractivity contribution in [3.05, 3.63) is 104 Å². The van der Waals surface area contributed by atoms with Gasteiger partial charge in [0.2, 0.25) is 5.91 Å². The van der Waals surface area contributed by atoms with Crippen molar-refractivity contribution >= 4 is 23.4 Å². The minimum absolute atomic E-state index is 0.0895. The first-order chi connectivity index (χ1) is 15.9. The number of carbonyl (C=O) groups excluding carboxylic acids is 2. The predicted molar refractivity (Wildman–Crippen MR) is 127 cm³/mol. The standard InChI is InChI=1S/C25H25ClN4O3/c26-22-4-2-1-3-20(22)16-30-17-21(9-10-23(30)31)25(33)29-13-11-28(12-14-29)15-18-5-7-19(8-6-18)24(27)32/h1-10,17H,11-16H2,(H2,27,32). The van der Waals surface area contributed by atoms with Gasteiger partial charge >= 0.3 is 0 Å². The van der Waals surface area contributed by atoms with Crippen LogP contribution < -0.4 is 11.3 Å². The number of hydrogen-bond donors (Lipinski definition) is 1. The van der Waals surface area contributed by atoms with E-state index < -0.39 is 5.91 Å². The number of nitrogens with zero attached hydrogens (tertiary/aromatic N) is 3. The molecule has 0 saturated carbocycles. The zero-order valence-corrected chi connectivity index (χ0v) is 18.9. The molecule has 0 radical (unpaired) electrons. The van der Waals surface area contributed by atoms with Crippen LogP contribution in [0.25, 0.3) is 0 Å². The molecule has 33 heavy (non-hydrogen) atoms. The molecule has 2 N–H and O–H groups in total. The second-order valence-electron chi connectivity index (χ2n) is 8.10. The van der Waals surface area contributed by atoms with Crippen LogP contribution in [0.5, 0.6) is 0 Å². The lowest BCUT2D eigenvalue weighted by atomic mass is 10.1. The summed E-state index contributed by atoms with van der Waals surface area (Å²) in [4.78, 5) is 40.7. The van der Waals surface area contributed by atoms with Crippen LogP contribution in [0.2, 0.25) is 5.02 Å². The Kier molecular flexibility index (Phi) is 6.91. The van der Waals surface area contributed by atoms with E-state index in [9.17, 15) is 14.4 Å². The van der Waals surface area contributed by atoms with E-state index >= 15 is 0 Å². The SMILES string of the molecule is NC(=O)c1ccc(CN2CCN(C(=O)c3ccc(=O)n(Cc4ccccc4Cl)c3)CC2)cc1. The molecule has 2 amide bonds. The van der Waals surface area contributed by atoms with Crippen LogP contribution in [0.1, 0.15) is 31.8 Å². The molecule has 7 nitrogen and oxygen atoms in total. The smallest absolute Gasteiger partial charge is 0.255 e. The van der Waals surface area contributed by atoms with Gasteiger partial charge in [-0.15, -0.1) is 0 Å². The molecule has 1 aliphatic rings. The monoisotopic (exact) mass is 464 g/mol. The third kappa shape index (κ3) is 5.50. The highest BCUT2D eigenvalue weighted by Gasteiger charge is 2.23. The van der Waals surface area contributed by atoms with Gasteiger partial charge in [0.25, 0.3) is 11.5 Å². The van der Waals surface area contributed by atoms with E-state index in [1.54, 1.807) is 30.5 Å². The van der Waals surface area contributed by atoms with E-state index in [1.165, 1.54) is 10.6 Å². The summed E-state index contributed by atoms with van der Waals surface area (Å²) < 4.78 is 1.51. The molecule has 1 saturated heterocycles. The summed E-state index contributed by atoms with van der Waals surface area (Å²) >= 11 is 6.23. The highest BCUT2D eigenvalue weighted by Crippen LogP contribution is 2.16. The zero-order valence-electron chi connectivity index (χ0n) is 18.1.